The zero-order valence-corrected chi connectivity index (χ0v) is 7.64. The molecule has 76 valence electrons. The van der Waals surface area contributed by atoms with Gasteiger partial charge in [-0.05, 0) is 5.56 Å². The van der Waals surface area contributed by atoms with Gasteiger partial charge in [-0.1, -0.05) is 30.3 Å². The van der Waals surface area contributed by atoms with Crippen LogP contribution >= 0.6 is 0 Å². The van der Waals surface area contributed by atoms with E-state index in [4.69, 9.17) is 17.4 Å². The molecule has 5 nitrogen and oxygen atoms in total. The van der Waals surface area contributed by atoms with Crippen molar-refractivity contribution in [2.45, 2.75) is 5.54 Å². The average molecular weight is 195 g/mol. The van der Waals surface area contributed by atoms with Crippen molar-refractivity contribution in [3.63, 3.8) is 0 Å². The zero-order valence-electron chi connectivity index (χ0n) is 7.64. The lowest BCUT2D eigenvalue weighted by Gasteiger charge is -2.24. The SMILES string of the molecule is NCC(N)(C(=O)ON)c1ccccc1. The molecular formula is C9H13N3O2. The Morgan fingerprint density at radius 1 is 1.36 bits per heavy atom. The minimum absolute atomic E-state index is 0.0625. The van der Waals surface area contributed by atoms with Crippen molar-refractivity contribution in [2.75, 3.05) is 6.54 Å². The quantitative estimate of drug-likeness (QED) is 0.548. The standard InChI is InChI=1S/C9H13N3O2/c10-6-9(11,8(13)14-12)7-4-2-1-3-5-7/h1-5H,6,10-12H2. The molecule has 5 heteroatoms. The minimum atomic E-state index is -1.37. The van der Waals surface area contributed by atoms with Crippen LogP contribution in [0.25, 0.3) is 0 Å². The number of carbonyl (C=O) groups excluding carboxylic acids is 1. The molecule has 0 saturated carbocycles. The maximum absolute atomic E-state index is 11.3. The molecule has 0 amide bonds. The van der Waals surface area contributed by atoms with Crippen molar-refractivity contribution >= 4 is 5.97 Å². The number of nitrogens with two attached hydrogens (primary N) is 3. The largest absolute Gasteiger partial charge is 0.372 e. The molecule has 0 aromatic heterocycles. The molecule has 1 rings (SSSR count). The van der Waals surface area contributed by atoms with Gasteiger partial charge in [0.2, 0.25) is 0 Å². The van der Waals surface area contributed by atoms with E-state index >= 15 is 0 Å². The van der Waals surface area contributed by atoms with E-state index in [2.05, 4.69) is 4.84 Å². The van der Waals surface area contributed by atoms with E-state index in [0.29, 0.717) is 5.56 Å². The van der Waals surface area contributed by atoms with Crippen LogP contribution in [0.3, 0.4) is 0 Å². The van der Waals surface area contributed by atoms with Gasteiger partial charge in [-0.15, -0.1) is 0 Å². The number of rotatable bonds is 3. The summed E-state index contributed by atoms with van der Waals surface area (Å²) in [6.45, 7) is -0.0625. The van der Waals surface area contributed by atoms with E-state index in [0.717, 1.165) is 0 Å². The van der Waals surface area contributed by atoms with Gasteiger partial charge in [0.15, 0.2) is 5.54 Å². The molecule has 0 radical (unpaired) electrons. The Labute approximate surface area is 81.8 Å². The van der Waals surface area contributed by atoms with Crippen LogP contribution < -0.4 is 17.4 Å². The summed E-state index contributed by atoms with van der Waals surface area (Å²) < 4.78 is 0. The number of hydrogen-bond acceptors (Lipinski definition) is 5. The van der Waals surface area contributed by atoms with Gasteiger partial charge in [0.25, 0.3) is 0 Å². The predicted octanol–water partition coefficient (Wildman–Crippen LogP) is -0.784. The van der Waals surface area contributed by atoms with Crippen molar-refractivity contribution in [3.8, 4) is 0 Å². The van der Waals surface area contributed by atoms with Crippen molar-refractivity contribution in [2.24, 2.45) is 17.4 Å². The first-order valence-electron chi connectivity index (χ1n) is 4.11. The second kappa shape index (κ2) is 4.19. The normalized spacial score (nSPS) is 14.5. The first kappa shape index (κ1) is 10.6. The first-order valence-corrected chi connectivity index (χ1v) is 4.11. The minimum Gasteiger partial charge on any atom is -0.372 e. The predicted molar refractivity (Wildman–Crippen MR) is 51.6 cm³/mol. The van der Waals surface area contributed by atoms with Crippen LogP contribution in [0, 0.1) is 0 Å². The van der Waals surface area contributed by atoms with E-state index in [1.807, 2.05) is 6.07 Å². The summed E-state index contributed by atoms with van der Waals surface area (Å²) in [6, 6.07) is 8.73. The van der Waals surface area contributed by atoms with Gasteiger partial charge >= 0.3 is 5.97 Å². The summed E-state index contributed by atoms with van der Waals surface area (Å²) in [6.07, 6.45) is 0. The molecular weight excluding hydrogens is 182 g/mol. The summed E-state index contributed by atoms with van der Waals surface area (Å²) in [5, 5.41) is 0. The van der Waals surface area contributed by atoms with E-state index in [-0.39, 0.29) is 6.54 Å². The fourth-order valence-electron chi connectivity index (χ4n) is 1.16. The molecule has 0 fully saturated rings. The Morgan fingerprint density at radius 2 is 1.93 bits per heavy atom. The van der Waals surface area contributed by atoms with Crippen LogP contribution in [0.5, 0.6) is 0 Å². The Bertz CT molecular complexity index is 315. The van der Waals surface area contributed by atoms with E-state index in [9.17, 15) is 4.79 Å². The van der Waals surface area contributed by atoms with E-state index in [1.165, 1.54) is 0 Å². The molecule has 14 heavy (non-hydrogen) atoms. The zero-order chi connectivity index (χ0) is 10.6. The molecule has 0 aliphatic carbocycles. The van der Waals surface area contributed by atoms with Gasteiger partial charge in [-0.3, -0.25) is 0 Å². The maximum atomic E-state index is 11.3. The molecule has 1 atom stereocenters. The molecule has 0 spiro atoms. The Hall–Kier alpha value is -1.43. The molecule has 0 aliphatic heterocycles. The summed E-state index contributed by atoms with van der Waals surface area (Å²) in [5.41, 5.74) is 10.4. The summed E-state index contributed by atoms with van der Waals surface area (Å²) in [5.74, 6) is 4.04. The number of carbonyl (C=O) groups is 1. The van der Waals surface area contributed by atoms with Crippen molar-refractivity contribution in [1.29, 1.82) is 0 Å². The lowest BCUT2D eigenvalue weighted by atomic mass is 9.91. The van der Waals surface area contributed by atoms with Crippen LogP contribution in [-0.2, 0) is 15.2 Å². The Balaban J connectivity index is 3.08. The molecule has 1 aromatic rings. The fraction of sp³-hybridized carbons (Fsp3) is 0.222. The number of hydrogen-bond donors (Lipinski definition) is 3. The highest BCUT2D eigenvalue weighted by molar-refractivity contribution is 5.82. The van der Waals surface area contributed by atoms with Gasteiger partial charge in [-0.25, -0.2) is 4.79 Å². The van der Waals surface area contributed by atoms with E-state index < -0.39 is 11.5 Å². The van der Waals surface area contributed by atoms with Gasteiger partial charge in [-0.2, -0.15) is 5.90 Å². The molecule has 1 aromatic carbocycles. The number of benzene rings is 1. The monoisotopic (exact) mass is 195 g/mol. The van der Waals surface area contributed by atoms with Crippen molar-refractivity contribution < 1.29 is 9.63 Å². The van der Waals surface area contributed by atoms with Crippen LogP contribution in [-0.4, -0.2) is 12.5 Å². The molecule has 0 bridgehead atoms. The van der Waals surface area contributed by atoms with Gasteiger partial charge in [0.05, 0.1) is 0 Å². The first-order chi connectivity index (χ1) is 6.65. The third-order valence-electron chi connectivity index (χ3n) is 2.08. The van der Waals surface area contributed by atoms with Crippen LogP contribution in [0.2, 0.25) is 0 Å². The molecule has 0 heterocycles. The lowest BCUT2D eigenvalue weighted by molar-refractivity contribution is -0.150. The fourth-order valence-corrected chi connectivity index (χ4v) is 1.16. The molecule has 0 aliphatic rings. The topological polar surface area (TPSA) is 104 Å². The lowest BCUT2D eigenvalue weighted by Crippen LogP contribution is -2.52. The molecule has 6 N–H and O–H groups in total. The average Bonchev–Trinajstić information content (AvgIpc) is 2.28. The highest BCUT2D eigenvalue weighted by Gasteiger charge is 2.36. The van der Waals surface area contributed by atoms with Crippen molar-refractivity contribution in [1.82, 2.24) is 0 Å². The highest BCUT2D eigenvalue weighted by Crippen LogP contribution is 2.17. The summed E-state index contributed by atoms with van der Waals surface area (Å²) in [7, 11) is 0. The highest BCUT2D eigenvalue weighted by atomic mass is 16.7. The summed E-state index contributed by atoms with van der Waals surface area (Å²) in [4.78, 5) is 15.4. The third-order valence-corrected chi connectivity index (χ3v) is 2.08. The van der Waals surface area contributed by atoms with Gasteiger partial charge in [0.1, 0.15) is 0 Å². The van der Waals surface area contributed by atoms with Crippen LogP contribution in [0.1, 0.15) is 5.56 Å². The Kier molecular flexibility index (Phi) is 3.19. The second-order valence-electron chi connectivity index (χ2n) is 2.95. The Morgan fingerprint density at radius 3 is 2.36 bits per heavy atom. The van der Waals surface area contributed by atoms with Crippen LogP contribution in [0.15, 0.2) is 30.3 Å². The van der Waals surface area contributed by atoms with Gasteiger partial charge in [0, 0.05) is 6.54 Å². The molecule has 1 unspecified atom stereocenters. The smallest absolute Gasteiger partial charge is 0.350 e. The van der Waals surface area contributed by atoms with E-state index in [1.54, 1.807) is 24.3 Å². The second-order valence-corrected chi connectivity index (χ2v) is 2.95. The maximum Gasteiger partial charge on any atom is 0.350 e. The van der Waals surface area contributed by atoms with Gasteiger partial charge < -0.3 is 16.3 Å². The molecule has 0 saturated heterocycles. The summed E-state index contributed by atoms with van der Waals surface area (Å²) >= 11 is 0. The van der Waals surface area contributed by atoms with Crippen LogP contribution in [0.4, 0.5) is 0 Å². The third kappa shape index (κ3) is 1.74. The van der Waals surface area contributed by atoms with Crippen molar-refractivity contribution in [3.05, 3.63) is 35.9 Å².